The summed E-state index contributed by atoms with van der Waals surface area (Å²) in [6, 6.07) is 7.73. The maximum atomic E-state index is 5.23. The Morgan fingerprint density at radius 2 is 2.00 bits per heavy atom. The number of methoxy groups -OCH3 is 1. The number of aromatic nitrogens is 2. The molecule has 0 radical (unpaired) electrons. The molecule has 5 nitrogen and oxygen atoms in total. The van der Waals surface area contributed by atoms with Crippen molar-refractivity contribution in [1.29, 1.82) is 0 Å². The summed E-state index contributed by atoms with van der Waals surface area (Å²) in [4.78, 5) is 8.71. The van der Waals surface area contributed by atoms with Crippen molar-refractivity contribution < 1.29 is 4.74 Å². The van der Waals surface area contributed by atoms with E-state index in [9.17, 15) is 0 Å². The number of nitrogens with zero attached hydrogens (tertiary/aromatic N) is 2. The van der Waals surface area contributed by atoms with Crippen molar-refractivity contribution in [3.63, 3.8) is 0 Å². The van der Waals surface area contributed by atoms with Gasteiger partial charge in [0.25, 0.3) is 0 Å². The fraction of sp³-hybridized carbons (Fsp3) is 0.231. The Morgan fingerprint density at radius 1 is 1.21 bits per heavy atom. The molecule has 1 aromatic carbocycles. The lowest BCUT2D eigenvalue weighted by molar-refractivity contribution is 0.412. The Hall–Kier alpha value is -1.57. The number of hydrogen-bond donors (Lipinski definition) is 2. The van der Waals surface area contributed by atoms with Gasteiger partial charge in [-0.2, -0.15) is 4.98 Å². The lowest BCUT2D eigenvalue weighted by Crippen LogP contribution is -2.02. The van der Waals surface area contributed by atoms with Gasteiger partial charge in [0.15, 0.2) is 0 Å². The topological polar surface area (TPSA) is 59.1 Å². The zero-order valence-electron chi connectivity index (χ0n) is 11.0. The van der Waals surface area contributed by atoms with E-state index in [1.807, 2.05) is 38.2 Å². The van der Waals surface area contributed by atoms with Gasteiger partial charge in [0.1, 0.15) is 11.6 Å². The van der Waals surface area contributed by atoms with E-state index < -0.39 is 0 Å². The molecule has 1 aromatic heterocycles. The molecule has 19 heavy (non-hydrogen) atoms. The van der Waals surface area contributed by atoms with Gasteiger partial charge >= 0.3 is 0 Å². The highest BCUT2D eigenvalue weighted by Crippen LogP contribution is 2.25. The average Bonchev–Trinajstić information content (AvgIpc) is 2.38. The monoisotopic (exact) mass is 370 g/mol. The molecule has 0 unspecified atom stereocenters. The number of halogens is 1. The maximum absolute atomic E-state index is 5.23. The fourth-order valence-electron chi connectivity index (χ4n) is 1.63. The minimum Gasteiger partial charge on any atom is -0.496 e. The zero-order valence-corrected chi connectivity index (χ0v) is 13.1. The van der Waals surface area contributed by atoms with Crippen molar-refractivity contribution in [3.8, 4) is 5.75 Å². The lowest BCUT2D eigenvalue weighted by Gasteiger charge is -2.09. The fourth-order valence-corrected chi connectivity index (χ4v) is 2.36. The number of rotatable bonds is 4. The molecule has 0 aliphatic heterocycles. The molecule has 100 valence electrons. The quantitative estimate of drug-likeness (QED) is 0.810. The van der Waals surface area contributed by atoms with E-state index in [2.05, 4.69) is 43.2 Å². The average molecular weight is 370 g/mol. The summed E-state index contributed by atoms with van der Waals surface area (Å²) in [5, 5.41) is 6.20. The van der Waals surface area contributed by atoms with Crippen molar-refractivity contribution in [3.05, 3.63) is 33.5 Å². The molecule has 2 N–H and O–H groups in total. The van der Waals surface area contributed by atoms with Gasteiger partial charge in [0.05, 0.1) is 10.7 Å². The highest BCUT2D eigenvalue weighted by Gasteiger charge is 2.04. The molecule has 0 aliphatic carbocycles. The molecule has 2 rings (SSSR count). The van der Waals surface area contributed by atoms with Crippen LogP contribution in [0.15, 0.2) is 24.3 Å². The van der Waals surface area contributed by atoms with Gasteiger partial charge in [0, 0.05) is 24.5 Å². The first-order valence-electron chi connectivity index (χ1n) is 5.76. The summed E-state index contributed by atoms with van der Waals surface area (Å²) in [6.45, 7) is 1.94. The molecule has 0 saturated carbocycles. The Labute approximate surface area is 125 Å². The van der Waals surface area contributed by atoms with Crippen molar-refractivity contribution in [1.82, 2.24) is 9.97 Å². The second kappa shape index (κ2) is 6.05. The van der Waals surface area contributed by atoms with E-state index in [1.54, 1.807) is 7.11 Å². The van der Waals surface area contributed by atoms with Crippen LogP contribution in [0.4, 0.5) is 17.5 Å². The van der Waals surface area contributed by atoms with E-state index >= 15 is 0 Å². The van der Waals surface area contributed by atoms with Gasteiger partial charge in [-0.3, -0.25) is 0 Å². The van der Waals surface area contributed by atoms with Gasteiger partial charge < -0.3 is 15.4 Å². The van der Waals surface area contributed by atoms with E-state index in [0.717, 1.165) is 26.5 Å². The molecule has 0 atom stereocenters. The van der Waals surface area contributed by atoms with Crippen molar-refractivity contribution in [2.24, 2.45) is 0 Å². The van der Waals surface area contributed by atoms with Crippen molar-refractivity contribution >= 4 is 40.0 Å². The third-order valence-electron chi connectivity index (χ3n) is 2.52. The van der Waals surface area contributed by atoms with E-state index in [0.29, 0.717) is 5.95 Å². The summed E-state index contributed by atoms with van der Waals surface area (Å²) in [5.74, 6) is 2.22. The van der Waals surface area contributed by atoms with E-state index in [1.165, 1.54) is 0 Å². The number of aryl methyl sites for hydroxylation is 1. The summed E-state index contributed by atoms with van der Waals surface area (Å²) in [5.41, 5.74) is 1.84. The summed E-state index contributed by atoms with van der Waals surface area (Å²) < 4.78 is 6.26. The van der Waals surface area contributed by atoms with Crippen LogP contribution in [0, 0.1) is 10.5 Å². The molecule has 0 bridgehead atoms. The number of ether oxygens (including phenoxy) is 1. The SMILES string of the molecule is CNc1cc(C)nc(Nc2ccc(OC)c(I)c2)n1. The lowest BCUT2D eigenvalue weighted by atomic mass is 10.3. The van der Waals surface area contributed by atoms with Crippen molar-refractivity contribution in [2.75, 3.05) is 24.8 Å². The zero-order chi connectivity index (χ0) is 13.8. The van der Waals surface area contributed by atoms with Gasteiger partial charge in [-0.15, -0.1) is 0 Å². The number of anilines is 3. The first kappa shape index (κ1) is 13.9. The molecule has 6 heteroatoms. The number of hydrogen-bond acceptors (Lipinski definition) is 5. The van der Waals surface area contributed by atoms with Gasteiger partial charge in [-0.05, 0) is 47.7 Å². The van der Waals surface area contributed by atoms with Crippen LogP contribution >= 0.6 is 22.6 Å². The molecule has 2 aromatic rings. The second-order valence-electron chi connectivity index (χ2n) is 3.94. The molecule has 0 saturated heterocycles. The normalized spacial score (nSPS) is 10.1. The smallest absolute Gasteiger partial charge is 0.229 e. The highest BCUT2D eigenvalue weighted by molar-refractivity contribution is 14.1. The van der Waals surface area contributed by atoms with Gasteiger partial charge in [0.2, 0.25) is 5.95 Å². The predicted octanol–water partition coefficient (Wildman–Crippen LogP) is 3.18. The molecule has 1 heterocycles. The third kappa shape index (κ3) is 3.46. The highest BCUT2D eigenvalue weighted by atomic mass is 127. The Balaban J connectivity index is 2.25. The predicted molar refractivity (Wildman–Crippen MR) is 85.3 cm³/mol. The summed E-state index contributed by atoms with van der Waals surface area (Å²) in [6.07, 6.45) is 0. The first-order chi connectivity index (χ1) is 9.12. The van der Waals surface area contributed by atoms with Gasteiger partial charge in [-0.1, -0.05) is 0 Å². The van der Waals surface area contributed by atoms with E-state index in [4.69, 9.17) is 4.74 Å². The van der Waals surface area contributed by atoms with Crippen LogP contribution in [0.2, 0.25) is 0 Å². The van der Waals surface area contributed by atoms with Crippen LogP contribution in [-0.4, -0.2) is 24.1 Å². The molecule has 0 spiro atoms. The standard InChI is InChI=1S/C13H15IN4O/c1-8-6-12(15-2)18-13(16-8)17-9-4-5-11(19-3)10(14)7-9/h4-7H,1-3H3,(H2,15,16,17,18). The largest absolute Gasteiger partial charge is 0.496 e. The Kier molecular flexibility index (Phi) is 4.41. The molecular weight excluding hydrogens is 355 g/mol. The van der Waals surface area contributed by atoms with Crippen LogP contribution in [0.3, 0.4) is 0 Å². The molecular formula is C13H15IN4O. The molecule has 0 amide bonds. The Bertz CT molecular complexity index is 589. The summed E-state index contributed by atoms with van der Waals surface area (Å²) >= 11 is 2.23. The van der Waals surface area contributed by atoms with Crippen LogP contribution in [-0.2, 0) is 0 Å². The third-order valence-corrected chi connectivity index (χ3v) is 3.36. The first-order valence-corrected chi connectivity index (χ1v) is 6.84. The van der Waals surface area contributed by atoms with Crippen LogP contribution in [0.25, 0.3) is 0 Å². The minimum absolute atomic E-state index is 0.574. The van der Waals surface area contributed by atoms with Crippen LogP contribution in [0.1, 0.15) is 5.69 Å². The second-order valence-corrected chi connectivity index (χ2v) is 5.10. The van der Waals surface area contributed by atoms with Gasteiger partial charge in [-0.25, -0.2) is 4.98 Å². The van der Waals surface area contributed by atoms with Crippen LogP contribution < -0.4 is 15.4 Å². The number of nitrogens with one attached hydrogen (secondary N) is 2. The molecule has 0 fully saturated rings. The maximum Gasteiger partial charge on any atom is 0.229 e. The van der Waals surface area contributed by atoms with E-state index in [-0.39, 0.29) is 0 Å². The Morgan fingerprint density at radius 3 is 2.63 bits per heavy atom. The van der Waals surface area contributed by atoms with Crippen molar-refractivity contribution in [2.45, 2.75) is 6.92 Å². The molecule has 0 aliphatic rings. The summed E-state index contributed by atoms with van der Waals surface area (Å²) in [7, 11) is 3.50. The number of benzene rings is 1. The minimum atomic E-state index is 0.574. The van der Waals surface area contributed by atoms with Crippen LogP contribution in [0.5, 0.6) is 5.75 Å².